The Kier molecular flexibility index (Phi) is 8.79. The highest BCUT2D eigenvalue weighted by atomic mass is 32.1. The van der Waals surface area contributed by atoms with Gasteiger partial charge >= 0.3 is 0 Å². The third-order valence-electron chi connectivity index (χ3n) is 7.03. The minimum atomic E-state index is -0.469. The van der Waals surface area contributed by atoms with Crippen molar-refractivity contribution in [2.24, 2.45) is 0 Å². The van der Waals surface area contributed by atoms with Crippen LogP contribution in [0.3, 0.4) is 0 Å². The maximum atomic E-state index is 14.9. The number of unbranched alkanes of at least 4 members (excludes halogenated alkanes) is 2. The molecule has 0 saturated carbocycles. The molecule has 0 aliphatic heterocycles. The SMILES string of the molecule is CCCCCOc1ccc(-c2nc3s/c(=C\c4cn(-c5ccccc5)nc4-c4ccc(OCCC)c(F)c4)c(=O)n3n2)cc1. The number of hydrogen-bond donors (Lipinski definition) is 0. The van der Waals surface area contributed by atoms with Crippen LogP contribution >= 0.6 is 11.3 Å². The van der Waals surface area contributed by atoms with Gasteiger partial charge in [-0.15, -0.1) is 5.10 Å². The summed E-state index contributed by atoms with van der Waals surface area (Å²) in [5.41, 5.74) is 3.11. The quantitative estimate of drug-likeness (QED) is 0.143. The van der Waals surface area contributed by atoms with Gasteiger partial charge in [0.2, 0.25) is 4.96 Å². The van der Waals surface area contributed by atoms with Crippen LogP contribution < -0.4 is 19.6 Å². The third-order valence-corrected chi connectivity index (χ3v) is 7.99. The van der Waals surface area contributed by atoms with E-state index in [0.29, 0.717) is 45.4 Å². The van der Waals surface area contributed by atoms with Crippen LogP contribution in [0.4, 0.5) is 4.39 Å². The number of ether oxygens (including phenoxy) is 2. The van der Waals surface area contributed by atoms with E-state index in [1.54, 1.807) is 22.9 Å². The average Bonchev–Trinajstić information content (AvgIpc) is 3.74. The van der Waals surface area contributed by atoms with Crippen LogP contribution in [-0.2, 0) is 0 Å². The zero-order chi connectivity index (χ0) is 30.5. The second kappa shape index (κ2) is 13.2. The second-order valence-electron chi connectivity index (χ2n) is 10.3. The van der Waals surface area contributed by atoms with Crippen molar-refractivity contribution < 1.29 is 13.9 Å². The number of benzene rings is 3. The number of thiazole rings is 1. The van der Waals surface area contributed by atoms with Gasteiger partial charge in [0.25, 0.3) is 5.56 Å². The molecular formula is C34H32FN5O3S. The first-order valence-corrected chi connectivity index (χ1v) is 15.6. The zero-order valence-corrected chi connectivity index (χ0v) is 25.4. The van der Waals surface area contributed by atoms with Gasteiger partial charge in [-0.2, -0.15) is 14.6 Å². The van der Waals surface area contributed by atoms with Crippen LogP contribution in [0, 0.1) is 5.82 Å². The molecule has 0 spiro atoms. The fourth-order valence-electron chi connectivity index (χ4n) is 4.75. The maximum Gasteiger partial charge on any atom is 0.291 e. The van der Waals surface area contributed by atoms with Crippen LogP contribution in [0.25, 0.3) is 39.4 Å². The summed E-state index contributed by atoms with van der Waals surface area (Å²) in [6.45, 7) is 5.24. The van der Waals surface area contributed by atoms with Gasteiger partial charge in [0.1, 0.15) is 11.4 Å². The molecule has 0 bridgehead atoms. The largest absolute Gasteiger partial charge is 0.494 e. The smallest absolute Gasteiger partial charge is 0.291 e. The van der Waals surface area contributed by atoms with Crippen LogP contribution in [0.2, 0.25) is 0 Å². The molecule has 0 unspecified atom stereocenters. The molecule has 224 valence electrons. The van der Waals surface area contributed by atoms with E-state index in [0.717, 1.165) is 42.7 Å². The average molecular weight is 610 g/mol. The van der Waals surface area contributed by atoms with E-state index in [1.807, 2.05) is 67.7 Å². The highest BCUT2D eigenvalue weighted by Crippen LogP contribution is 2.29. The Labute approximate surface area is 258 Å². The molecule has 6 rings (SSSR count). The van der Waals surface area contributed by atoms with Crippen molar-refractivity contribution in [3.63, 3.8) is 0 Å². The van der Waals surface area contributed by atoms with E-state index in [-0.39, 0.29) is 11.3 Å². The Morgan fingerprint density at radius 3 is 2.41 bits per heavy atom. The molecule has 0 radical (unpaired) electrons. The summed E-state index contributed by atoms with van der Waals surface area (Å²) in [6, 6.07) is 22.0. The normalized spacial score (nSPS) is 11.8. The summed E-state index contributed by atoms with van der Waals surface area (Å²) in [7, 11) is 0. The van der Waals surface area contributed by atoms with Gasteiger partial charge < -0.3 is 9.47 Å². The Morgan fingerprint density at radius 2 is 1.68 bits per heavy atom. The summed E-state index contributed by atoms with van der Waals surface area (Å²) >= 11 is 1.24. The fourth-order valence-corrected chi connectivity index (χ4v) is 5.65. The molecule has 3 aromatic carbocycles. The Morgan fingerprint density at radius 1 is 0.886 bits per heavy atom. The Bertz CT molecular complexity index is 1980. The van der Waals surface area contributed by atoms with E-state index >= 15 is 0 Å². The maximum absolute atomic E-state index is 14.9. The predicted octanol–water partition coefficient (Wildman–Crippen LogP) is 6.72. The first-order valence-electron chi connectivity index (χ1n) is 14.8. The molecule has 44 heavy (non-hydrogen) atoms. The number of aromatic nitrogens is 5. The molecule has 0 aliphatic rings. The van der Waals surface area contributed by atoms with Gasteiger partial charge in [0.05, 0.1) is 23.4 Å². The van der Waals surface area contributed by atoms with Gasteiger partial charge in [0, 0.05) is 22.9 Å². The third kappa shape index (κ3) is 6.26. The monoisotopic (exact) mass is 609 g/mol. The molecule has 0 N–H and O–H groups in total. The second-order valence-corrected chi connectivity index (χ2v) is 11.3. The topological polar surface area (TPSA) is 83.5 Å². The Balaban J connectivity index is 1.34. The van der Waals surface area contributed by atoms with Crippen LogP contribution in [0.15, 0.2) is 83.8 Å². The van der Waals surface area contributed by atoms with Crippen molar-refractivity contribution in [3.05, 3.63) is 105 Å². The lowest BCUT2D eigenvalue weighted by Gasteiger charge is -2.07. The molecule has 0 fully saturated rings. The minimum Gasteiger partial charge on any atom is -0.494 e. The number of rotatable bonds is 12. The standard InChI is InChI=1S/C34H32FN5O3S/c1-3-5-9-19-42-27-15-12-23(13-16-27)32-36-34-40(38-32)33(41)30(44-34)21-25-22-39(26-10-7-6-8-11-26)37-31(25)24-14-17-29(28(35)20-24)43-18-4-2/h6-8,10-17,20-22H,3-5,9,18-19H2,1-2H3/b30-21-. The molecule has 8 nitrogen and oxygen atoms in total. The Hall–Kier alpha value is -4.83. The van der Waals surface area contributed by atoms with Gasteiger partial charge in [0.15, 0.2) is 17.4 Å². The van der Waals surface area contributed by atoms with E-state index in [9.17, 15) is 9.18 Å². The molecule has 0 amide bonds. The lowest BCUT2D eigenvalue weighted by molar-refractivity contribution is 0.301. The summed E-state index contributed by atoms with van der Waals surface area (Å²) < 4.78 is 29.8. The molecule has 3 aromatic heterocycles. The molecular weight excluding hydrogens is 577 g/mol. The van der Waals surface area contributed by atoms with Crippen molar-refractivity contribution in [2.45, 2.75) is 39.5 Å². The van der Waals surface area contributed by atoms with Gasteiger partial charge in [-0.3, -0.25) is 4.79 Å². The van der Waals surface area contributed by atoms with E-state index < -0.39 is 5.82 Å². The summed E-state index contributed by atoms with van der Waals surface area (Å²) in [5.74, 6) is 0.988. The van der Waals surface area contributed by atoms with E-state index in [1.165, 1.54) is 21.9 Å². The van der Waals surface area contributed by atoms with E-state index in [4.69, 9.17) is 14.6 Å². The summed E-state index contributed by atoms with van der Waals surface area (Å²) in [4.78, 5) is 18.6. The van der Waals surface area contributed by atoms with Gasteiger partial charge in [-0.25, -0.2) is 9.07 Å². The molecule has 10 heteroatoms. The van der Waals surface area contributed by atoms with Crippen molar-refractivity contribution >= 4 is 22.4 Å². The molecule has 0 saturated heterocycles. The summed E-state index contributed by atoms with van der Waals surface area (Å²) in [5, 5.41) is 9.27. The molecule has 6 aromatic rings. The first-order chi connectivity index (χ1) is 21.5. The lowest BCUT2D eigenvalue weighted by Crippen LogP contribution is -2.23. The highest BCUT2D eigenvalue weighted by Gasteiger charge is 2.16. The molecule has 0 aliphatic carbocycles. The zero-order valence-electron chi connectivity index (χ0n) is 24.6. The first kappa shape index (κ1) is 29.3. The number of para-hydroxylation sites is 1. The number of halogens is 1. The summed E-state index contributed by atoms with van der Waals surface area (Å²) in [6.07, 6.45) is 7.68. The van der Waals surface area contributed by atoms with Crippen LogP contribution in [0.5, 0.6) is 11.5 Å². The van der Waals surface area contributed by atoms with Crippen molar-refractivity contribution in [1.82, 2.24) is 24.4 Å². The van der Waals surface area contributed by atoms with Crippen molar-refractivity contribution in [1.29, 1.82) is 0 Å². The fraction of sp³-hybridized carbons (Fsp3) is 0.235. The predicted molar refractivity (Wildman–Crippen MR) is 171 cm³/mol. The number of fused-ring (bicyclic) bond motifs is 1. The number of hydrogen-bond acceptors (Lipinski definition) is 7. The minimum absolute atomic E-state index is 0.195. The highest BCUT2D eigenvalue weighted by molar-refractivity contribution is 7.15. The van der Waals surface area contributed by atoms with Crippen molar-refractivity contribution in [2.75, 3.05) is 13.2 Å². The van der Waals surface area contributed by atoms with Crippen LogP contribution in [-0.4, -0.2) is 37.6 Å². The number of nitrogens with zero attached hydrogens (tertiary/aromatic N) is 5. The van der Waals surface area contributed by atoms with Gasteiger partial charge in [-0.1, -0.05) is 56.2 Å². The van der Waals surface area contributed by atoms with Crippen molar-refractivity contribution in [3.8, 4) is 39.8 Å². The van der Waals surface area contributed by atoms with Gasteiger partial charge in [-0.05, 0) is 73.5 Å². The molecule has 3 heterocycles. The van der Waals surface area contributed by atoms with E-state index in [2.05, 4.69) is 17.0 Å². The lowest BCUT2D eigenvalue weighted by atomic mass is 10.1. The van der Waals surface area contributed by atoms with Crippen LogP contribution in [0.1, 0.15) is 45.1 Å². The molecule has 0 atom stereocenters.